The zero-order valence-electron chi connectivity index (χ0n) is 11.3. The lowest BCUT2D eigenvalue weighted by Gasteiger charge is -2.28. The topological polar surface area (TPSA) is 39.1 Å². The van der Waals surface area contributed by atoms with Crippen LogP contribution in [0.4, 0.5) is 0 Å². The van der Waals surface area contributed by atoms with E-state index in [0.29, 0.717) is 18.1 Å². The van der Waals surface area contributed by atoms with Gasteiger partial charge in [0.05, 0.1) is 28.5 Å². The van der Waals surface area contributed by atoms with E-state index in [1.54, 1.807) is 0 Å². The Morgan fingerprint density at radius 1 is 1.61 bits per heavy atom. The van der Waals surface area contributed by atoms with Crippen LogP contribution in [0.5, 0.6) is 0 Å². The summed E-state index contributed by atoms with van der Waals surface area (Å²) in [4.78, 5) is 0. The molecular weight excluding hydrogens is 294 g/mol. The highest BCUT2D eigenvalue weighted by molar-refractivity contribution is 9.10. The van der Waals surface area contributed by atoms with E-state index in [1.807, 2.05) is 17.9 Å². The summed E-state index contributed by atoms with van der Waals surface area (Å²) in [6.45, 7) is 6.17. The van der Waals surface area contributed by atoms with Gasteiger partial charge in [-0.15, -0.1) is 0 Å². The van der Waals surface area contributed by atoms with Gasteiger partial charge in [-0.1, -0.05) is 13.8 Å². The lowest BCUT2D eigenvalue weighted by molar-refractivity contribution is 0.0766. The summed E-state index contributed by atoms with van der Waals surface area (Å²) in [5.74, 6) is 0.529. The number of hydrogen-bond acceptors (Lipinski definition) is 3. The Bertz CT molecular complexity index is 374. The summed E-state index contributed by atoms with van der Waals surface area (Å²) in [7, 11) is 2.00. The van der Waals surface area contributed by atoms with Crippen LogP contribution in [0.25, 0.3) is 0 Å². The fourth-order valence-electron chi connectivity index (χ4n) is 2.91. The minimum Gasteiger partial charge on any atom is -0.378 e. The average Bonchev–Trinajstić information content (AvgIpc) is 2.94. The number of aryl methyl sites for hydroxylation is 1. The predicted octanol–water partition coefficient (Wildman–Crippen LogP) is 2.65. The van der Waals surface area contributed by atoms with Gasteiger partial charge in [0.1, 0.15) is 0 Å². The highest BCUT2D eigenvalue weighted by atomic mass is 79.9. The third-order valence-corrected chi connectivity index (χ3v) is 4.36. The zero-order valence-corrected chi connectivity index (χ0v) is 12.9. The Hall–Kier alpha value is -0.390. The van der Waals surface area contributed by atoms with Crippen LogP contribution in [0.3, 0.4) is 0 Å². The van der Waals surface area contributed by atoms with Crippen molar-refractivity contribution < 1.29 is 4.74 Å². The molecule has 3 unspecified atom stereocenters. The number of nitrogens with one attached hydrogen (secondary N) is 1. The molecule has 1 aromatic rings. The van der Waals surface area contributed by atoms with Crippen LogP contribution >= 0.6 is 15.9 Å². The van der Waals surface area contributed by atoms with E-state index >= 15 is 0 Å². The molecule has 0 spiro atoms. The Kier molecular flexibility index (Phi) is 4.81. The van der Waals surface area contributed by atoms with Crippen molar-refractivity contribution in [1.82, 2.24) is 15.1 Å². The molecule has 4 nitrogen and oxygen atoms in total. The first kappa shape index (κ1) is 14.0. The summed E-state index contributed by atoms with van der Waals surface area (Å²) >= 11 is 3.61. The summed E-state index contributed by atoms with van der Waals surface area (Å²) in [5, 5.41) is 7.93. The molecular formula is C13H22BrN3O. The number of hydrogen-bond donors (Lipinski definition) is 1. The van der Waals surface area contributed by atoms with Crippen molar-refractivity contribution in [2.75, 3.05) is 13.2 Å². The predicted molar refractivity (Wildman–Crippen MR) is 75.5 cm³/mol. The molecule has 102 valence electrons. The van der Waals surface area contributed by atoms with Crippen LogP contribution < -0.4 is 5.32 Å². The maximum absolute atomic E-state index is 5.83. The van der Waals surface area contributed by atoms with E-state index in [9.17, 15) is 0 Å². The van der Waals surface area contributed by atoms with Gasteiger partial charge in [0.2, 0.25) is 0 Å². The van der Waals surface area contributed by atoms with Gasteiger partial charge in [0.15, 0.2) is 0 Å². The Morgan fingerprint density at radius 2 is 2.39 bits per heavy atom. The molecule has 0 aromatic carbocycles. The molecule has 1 saturated heterocycles. The molecule has 1 aliphatic rings. The van der Waals surface area contributed by atoms with Gasteiger partial charge < -0.3 is 10.1 Å². The van der Waals surface area contributed by atoms with Crippen molar-refractivity contribution in [2.24, 2.45) is 13.0 Å². The third-order valence-electron chi connectivity index (χ3n) is 3.75. The number of halogens is 1. The number of aromatic nitrogens is 2. The van der Waals surface area contributed by atoms with Crippen molar-refractivity contribution in [3.05, 3.63) is 16.4 Å². The molecule has 1 fully saturated rings. The number of ether oxygens (including phenoxy) is 1. The summed E-state index contributed by atoms with van der Waals surface area (Å²) in [5.41, 5.74) is 1.23. The Morgan fingerprint density at radius 3 is 2.94 bits per heavy atom. The highest BCUT2D eigenvalue weighted by Crippen LogP contribution is 2.37. The van der Waals surface area contributed by atoms with Crippen LogP contribution in [0.15, 0.2) is 10.7 Å². The van der Waals surface area contributed by atoms with E-state index in [-0.39, 0.29) is 0 Å². The molecule has 1 aliphatic heterocycles. The third kappa shape index (κ3) is 2.63. The Balaban J connectivity index is 2.28. The normalized spacial score (nSPS) is 25.6. The molecule has 2 rings (SSSR count). The van der Waals surface area contributed by atoms with Gasteiger partial charge in [-0.3, -0.25) is 4.68 Å². The summed E-state index contributed by atoms with van der Waals surface area (Å²) in [6, 6.07) is 0.310. The Labute approximate surface area is 117 Å². The van der Waals surface area contributed by atoms with Gasteiger partial charge >= 0.3 is 0 Å². The van der Waals surface area contributed by atoms with E-state index in [4.69, 9.17) is 4.74 Å². The van der Waals surface area contributed by atoms with Crippen molar-refractivity contribution in [2.45, 2.75) is 38.8 Å². The van der Waals surface area contributed by atoms with Crippen LogP contribution in [0.2, 0.25) is 0 Å². The standard InChI is InChI=1S/C13H22BrN3O/c1-4-11-9(6-7-18-11)12(15-5-2)13-10(14)8-16-17(13)3/h8-9,11-12,15H,4-7H2,1-3H3. The fraction of sp³-hybridized carbons (Fsp3) is 0.769. The first-order chi connectivity index (χ1) is 8.69. The van der Waals surface area contributed by atoms with Gasteiger partial charge in [-0.05, 0) is 35.3 Å². The molecule has 3 atom stereocenters. The minimum atomic E-state index is 0.310. The average molecular weight is 316 g/mol. The van der Waals surface area contributed by atoms with Crippen LogP contribution in [-0.2, 0) is 11.8 Å². The summed E-state index contributed by atoms with van der Waals surface area (Å²) < 4.78 is 8.88. The lowest BCUT2D eigenvalue weighted by Crippen LogP contribution is -2.34. The molecule has 1 N–H and O–H groups in total. The second-order valence-corrected chi connectivity index (χ2v) is 5.66. The van der Waals surface area contributed by atoms with Crippen LogP contribution in [-0.4, -0.2) is 29.0 Å². The SMILES string of the molecule is CCNC(c1c(Br)cnn1C)C1CCOC1CC. The van der Waals surface area contributed by atoms with Gasteiger partial charge in [0.25, 0.3) is 0 Å². The van der Waals surface area contributed by atoms with E-state index in [2.05, 4.69) is 40.2 Å². The maximum atomic E-state index is 5.83. The molecule has 2 heterocycles. The van der Waals surface area contributed by atoms with E-state index in [1.165, 1.54) is 5.69 Å². The monoisotopic (exact) mass is 315 g/mol. The molecule has 18 heavy (non-hydrogen) atoms. The first-order valence-electron chi connectivity index (χ1n) is 6.71. The second-order valence-electron chi connectivity index (χ2n) is 4.81. The molecule has 0 amide bonds. The lowest BCUT2D eigenvalue weighted by atomic mass is 9.89. The van der Waals surface area contributed by atoms with Crippen molar-refractivity contribution in [3.63, 3.8) is 0 Å². The van der Waals surface area contributed by atoms with Gasteiger partial charge in [0, 0.05) is 19.6 Å². The second kappa shape index (κ2) is 6.17. The molecule has 5 heteroatoms. The zero-order chi connectivity index (χ0) is 13.1. The molecule has 0 bridgehead atoms. The smallest absolute Gasteiger partial charge is 0.0696 e. The van der Waals surface area contributed by atoms with Crippen LogP contribution in [0.1, 0.15) is 38.4 Å². The maximum Gasteiger partial charge on any atom is 0.0696 e. The van der Waals surface area contributed by atoms with Crippen molar-refractivity contribution >= 4 is 15.9 Å². The molecule has 1 aromatic heterocycles. The molecule has 0 saturated carbocycles. The van der Waals surface area contributed by atoms with Crippen molar-refractivity contribution in [3.8, 4) is 0 Å². The number of nitrogens with zero attached hydrogens (tertiary/aromatic N) is 2. The fourth-order valence-corrected chi connectivity index (χ4v) is 3.50. The quantitative estimate of drug-likeness (QED) is 0.908. The van der Waals surface area contributed by atoms with Gasteiger partial charge in [-0.2, -0.15) is 5.10 Å². The minimum absolute atomic E-state index is 0.310. The highest BCUT2D eigenvalue weighted by Gasteiger charge is 2.36. The molecule has 0 aliphatic carbocycles. The summed E-state index contributed by atoms with van der Waals surface area (Å²) in [6.07, 6.45) is 4.42. The van der Waals surface area contributed by atoms with E-state index in [0.717, 1.165) is 30.5 Å². The molecule has 0 radical (unpaired) electrons. The van der Waals surface area contributed by atoms with Crippen molar-refractivity contribution in [1.29, 1.82) is 0 Å². The largest absolute Gasteiger partial charge is 0.378 e. The van der Waals surface area contributed by atoms with E-state index < -0.39 is 0 Å². The van der Waals surface area contributed by atoms with Gasteiger partial charge in [-0.25, -0.2) is 0 Å². The number of rotatable bonds is 5. The first-order valence-corrected chi connectivity index (χ1v) is 7.50. The van der Waals surface area contributed by atoms with Crippen LogP contribution in [0, 0.1) is 5.92 Å².